The van der Waals surface area contributed by atoms with Crippen LogP contribution in [0.3, 0.4) is 0 Å². The first-order valence-corrected chi connectivity index (χ1v) is 8.36. The van der Waals surface area contributed by atoms with E-state index in [2.05, 4.69) is 5.32 Å². The Kier molecular flexibility index (Phi) is 5.47. The van der Waals surface area contributed by atoms with E-state index >= 15 is 0 Å². The highest BCUT2D eigenvalue weighted by Gasteiger charge is 2.15. The Balaban J connectivity index is 1.65. The maximum atomic E-state index is 12.2. The average molecular weight is 362 g/mol. The van der Waals surface area contributed by atoms with Gasteiger partial charge in [0, 0.05) is 17.3 Å². The van der Waals surface area contributed by atoms with Crippen LogP contribution in [0.4, 0.5) is 11.4 Å². The predicted molar refractivity (Wildman–Crippen MR) is 103 cm³/mol. The summed E-state index contributed by atoms with van der Waals surface area (Å²) in [6.45, 7) is 2.02. The van der Waals surface area contributed by atoms with Crippen LogP contribution in [0.1, 0.15) is 21.5 Å². The van der Waals surface area contributed by atoms with Gasteiger partial charge in [0.2, 0.25) is 0 Å². The zero-order valence-electron chi connectivity index (χ0n) is 14.7. The molecule has 0 aromatic heterocycles. The number of nitrogens with zero attached hydrogens (tertiary/aromatic N) is 1. The number of hydrogen-bond acceptors (Lipinski definition) is 4. The Bertz CT molecular complexity index is 954. The molecule has 0 unspecified atom stereocenters. The molecule has 0 radical (unpaired) electrons. The molecular formula is C21H18N2O4. The molecule has 6 heteroatoms. The molecule has 3 aromatic carbocycles. The van der Waals surface area contributed by atoms with E-state index in [4.69, 9.17) is 4.74 Å². The molecule has 1 amide bonds. The lowest BCUT2D eigenvalue weighted by molar-refractivity contribution is -0.386. The SMILES string of the molecule is Cc1ccc([N+](=O)[O-])c(OCc2ccc(C(=O)Nc3ccccc3)cc2)c1. The van der Waals surface area contributed by atoms with Crippen LogP contribution < -0.4 is 10.1 Å². The van der Waals surface area contributed by atoms with Crippen molar-refractivity contribution in [2.75, 3.05) is 5.32 Å². The van der Waals surface area contributed by atoms with Crippen molar-refractivity contribution in [1.29, 1.82) is 0 Å². The van der Waals surface area contributed by atoms with Gasteiger partial charge in [0.05, 0.1) is 4.92 Å². The number of para-hydroxylation sites is 1. The van der Waals surface area contributed by atoms with Crippen LogP contribution in [-0.4, -0.2) is 10.8 Å². The number of anilines is 1. The predicted octanol–water partition coefficient (Wildman–Crippen LogP) is 4.73. The third-order valence-electron chi connectivity index (χ3n) is 3.95. The van der Waals surface area contributed by atoms with Crippen LogP contribution in [0, 0.1) is 17.0 Å². The fourth-order valence-electron chi connectivity index (χ4n) is 2.53. The lowest BCUT2D eigenvalue weighted by atomic mass is 10.1. The van der Waals surface area contributed by atoms with Crippen molar-refractivity contribution in [1.82, 2.24) is 0 Å². The van der Waals surface area contributed by atoms with Crippen LogP contribution in [0.5, 0.6) is 5.75 Å². The first-order chi connectivity index (χ1) is 13.0. The van der Waals surface area contributed by atoms with Crippen molar-refractivity contribution >= 4 is 17.3 Å². The number of nitro benzene ring substituents is 1. The number of benzene rings is 3. The van der Waals surface area contributed by atoms with E-state index in [-0.39, 0.29) is 24.0 Å². The van der Waals surface area contributed by atoms with Gasteiger partial charge >= 0.3 is 5.69 Å². The molecule has 0 aliphatic carbocycles. The molecule has 0 atom stereocenters. The second-order valence-electron chi connectivity index (χ2n) is 6.03. The summed E-state index contributed by atoms with van der Waals surface area (Å²) >= 11 is 0. The van der Waals surface area contributed by atoms with Crippen molar-refractivity contribution in [2.24, 2.45) is 0 Å². The van der Waals surface area contributed by atoms with Crippen LogP contribution in [0.15, 0.2) is 72.8 Å². The largest absolute Gasteiger partial charge is 0.482 e. The molecule has 0 fully saturated rings. The summed E-state index contributed by atoms with van der Waals surface area (Å²) < 4.78 is 5.62. The van der Waals surface area contributed by atoms with Crippen LogP contribution >= 0.6 is 0 Å². The summed E-state index contributed by atoms with van der Waals surface area (Å²) in [6.07, 6.45) is 0. The summed E-state index contributed by atoms with van der Waals surface area (Å²) in [4.78, 5) is 22.9. The maximum Gasteiger partial charge on any atom is 0.310 e. The van der Waals surface area contributed by atoms with E-state index in [1.54, 1.807) is 36.4 Å². The lowest BCUT2D eigenvalue weighted by Gasteiger charge is -2.09. The zero-order valence-corrected chi connectivity index (χ0v) is 14.7. The molecule has 3 aromatic rings. The normalized spacial score (nSPS) is 10.3. The first kappa shape index (κ1) is 18.1. The number of amides is 1. The molecule has 0 saturated heterocycles. The number of carbonyl (C=O) groups is 1. The molecule has 6 nitrogen and oxygen atoms in total. The summed E-state index contributed by atoms with van der Waals surface area (Å²) in [6, 6.07) is 20.9. The molecule has 0 heterocycles. The lowest BCUT2D eigenvalue weighted by Crippen LogP contribution is -2.11. The zero-order chi connectivity index (χ0) is 19.2. The number of aryl methyl sites for hydroxylation is 1. The minimum absolute atomic E-state index is 0.0699. The van der Waals surface area contributed by atoms with Crippen LogP contribution in [0.25, 0.3) is 0 Å². The Morgan fingerprint density at radius 3 is 2.41 bits per heavy atom. The fraction of sp³-hybridized carbons (Fsp3) is 0.0952. The third-order valence-corrected chi connectivity index (χ3v) is 3.95. The molecule has 27 heavy (non-hydrogen) atoms. The molecule has 0 saturated carbocycles. The average Bonchev–Trinajstić information content (AvgIpc) is 2.67. The Hall–Kier alpha value is -3.67. The minimum atomic E-state index is -0.466. The summed E-state index contributed by atoms with van der Waals surface area (Å²) in [5, 5.41) is 13.9. The fourth-order valence-corrected chi connectivity index (χ4v) is 2.53. The van der Waals surface area contributed by atoms with E-state index < -0.39 is 4.92 Å². The molecule has 0 aliphatic heterocycles. The number of rotatable bonds is 6. The number of hydrogen-bond donors (Lipinski definition) is 1. The molecule has 0 bridgehead atoms. The smallest absolute Gasteiger partial charge is 0.310 e. The molecule has 136 valence electrons. The molecule has 0 spiro atoms. The van der Waals surface area contributed by atoms with Gasteiger partial charge in [-0.15, -0.1) is 0 Å². The topological polar surface area (TPSA) is 81.5 Å². The van der Waals surface area contributed by atoms with Gasteiger partial charge in [-0.25, -0.2) is 0 Å². The van der Waals surface area contributed by atoms with Crippen LogP contribution in [0.2, 0.25) is 0 Å². The second-order valence-corrected chi connectivity index (χ2v) is 6.03. The van der Waals surface area contributed by atoms with Crippen molar-refractivity contribution in [3.05, 3.63) is 99.6 Å². The highest BCUT2D eigenvalue weighted by molar-refractivity contribution is 6.04. The van der Waals surface area contributed by atoms with Gasteiger partial charge < -0.3 is 10.1 Å². The van der Waals surface area contributed by atoms with Gasteiger partial charge in [-0.1, -0.05) is 36.4 Å². The summed E-state index contributed by atoms with van der Waals surface area (Å²) in [5.74, 6) is 0.0221. The van der Waals surface area contributed by atoms with Gasteiger partial charge in [-0.3, -0.25) is 14.9 Å². The molecule has 0 aliphatic rings. The number of nitro groups is 1. The molecule has 3 rings (SSSR count). The number of nitrogens with one attached hydrogen (secondary N) is 1. The van der Waals surface area contributed by atoms with Gasteiger partial charge in [0.15, 0.2) is 5.75 Å². The quantitative estimate of drug-likeness (QED) is 0.507. The van der Waals surface area contributed by atoms with Crippen molar-refractivity contribution in [3.63, 3.8) is 0 Å². The monoisotopic (exact) mass is 362 g/mol. The van der Waals surface area contributed by atoms with E-state index in [0.717, 1.165) is 16.8 Å². The van der Waals surface area contributed by atoms with Gasteiger partial charge in [0.1, 0.15) is 6.61 Å². The Labute approximate surface area is 156 Å². The van der Waals surface area contributed by atoms with E-state index in [0.29, 0.717) is 5.56 Å². The Morgan fingerprint density at radius 2 is 1.74 bits per heavy atom. The van der Waals surface area contributed by atoms with E-state index in [9.17, 15) is 14.9 Å². The van der Waals surface area contributed by atoms with Crippen molar-refractivity contribution < 1.29 is 14.5 Å². The molecule has 1 N–H and O–H groups in total. The van der Waals surface area contributed by atoms with Crippen molar-refractivity contribution in [2.45, 2.75) is 13.5 Å². The van der Waals surface area contributed by atoms with Crippen molar-refractivity contribution in [3.8, 4) is 5.75 Å². The van der Waals surface area contributed by atoms with Gasteiger partial charge in [-0.05, 0) is 48.4 Å². The van der Waals surface area contributed by atoms with Gasteiger partial charge in [0.25, 0.3) is 5.91 Å². The minimum Gasteiger partial charge on any atom is -0.482 e. The van der Waals surface area contributed by atoms with Crippen LogP contribution in [-0.2, 0) is 6.61 Å². The standard InChI is InChI=1S/C21H18N2O4/c1-15-7-12-19(23(25)26)20(13-15)27-14-16-8-10-17(11-9-16)21(24)22-18-5-3-2-4-6-18/h2-13H,14H2,1H3,(H,22,24). The van der Waals surface area contributed by atoms with E-state index in [1.807, 2.05) is 37.3 Å². The van der Waals surface area contributed by atoms with Gasteiger partial charge in [-0.2, -0.15) is 0 Å². The highest BCUT2D eigenvalue weighted by Crippen LogP contribution is 2.28. The summed E-state index contributed by atoms with van der Waals surface area (Å²) in [5.41, 5.74) is 2.86. The molecular weight excluding hydrogens is 344 g/mol. The number of carbonyl (C=O) groups excluding carboxylic acids is 1. The maximum absolute atomic E-state index is 12.2. The highest BCUT2D eigenvalue weighted by atomic mass is 16.6. The third kappa shape index (κ3) is 4.70. The number of ether oxygens (including phenoxy) is 1. The Morgan fingerprint density at radius 1 is 1.04 bits per heavy atom. The second kappa shape index (κ2) is 8.14. The van der Waals surface area contributed by atoms with E-state index in [1.165, 1.54) is 6.07 Å². The summed E-state index contributed by atoms with van der Waals surface area (Å²) in [7, 11) is 0. The first-order valence-electron chi connectivity index (χ1n) is 8.36.